The van der Waals surface area contributed by atoms with Crippen LogP contribution < -0.4 is 0 Å². The predicted molar refractivity (Wildman–Crippen MR) is 89.1 cm³/mol. The van der Waals surface area contributed by atoms with Gasteiger partial charge in [-0.2, -0.15) is 13.2 Å². The maximum Gasteiger partial charge on any atom is 0.411 e. The van der Waals surface area contributed by atoms with Crippen LogP contribution in [0.5, 0.6) is 0 Å². The van der Waals surface area contributed by atoms with Crippen LogP contribution in [0.15, 0.2) is 17.9 Å². The molecule has 1 aromatic carbocycles. The molecule has 0 spiro atoms. The molecule has 0 fully saturated rings. The third-order valence-corrected chi connectivity index (χ3v) is 4.18. The highest BCUT2D eigenvalue weighted by atomic mass is 19.4. The number of benzene rings is 1. The molecule has 8 heteroatoms. The monoisotopic (exact) mass is 373 g/mol. The van der Waals surface area contributed by atoms with Crippen molar-refractivity contribution >= 4 is 11.5 Å². The molecule has 0 radical (unpaired) electrons. The number of hydroxylamine groups is 2. The second kappa shape index (κ2) is 6.92. The lowest BCUT2D eigenvalue weighted by Gasteiger charge is -2.30. The maximum absolute atomic E-state index is 12.8. The van der Waals surface area contributed by atoms with Crippen molar-refractivity contribution in [3.8, 4) is 0 Å². The Labute approximate surface area is 150 Å². The van der Waals surface area contributed by atoms with E-state index in [2.05, 4.69) is 4.74 Å². The van der Waals surface area contributed by atoms with Crippen LogP contribution in [-0.2, 0) is 14.4 Å². The Morgan fingerprint density at radius 2 is 1.69 bits per heavy atom. The summed E-state index contributed by atoms with van der Waals surface area (Å²) in [6, 6.07) is 3.78. The number of hydrogen-bond donors (Lipinski definition) is 1. The van der Waals surface area contributed by atoms with Crippen LogP contribution in [0, 0.1) is 20.8 Å². The number of aryl methyl sites for hydroxylation is 3. The number of hydrogen-bond acceptors (Lipinski definition) is 4. The van der Waals surface area contributed by atoms with Gasteiger partial charge in [-0.15, -0.1) is 0 Å². The summed E-state index contributed by atoms with van der Waals surface area (Å²) in [5.41, 5.74) is 2.07. The molecule has 0 atom stereocenters. The van der Waals surface area contributed by atoms with Crippen molar-refractivity contribution in [1.82, 2.24) is 5.06 Å². The Morgan fingerprint density at radius 3 is 2.19 bits per heavy atom. The lowest BCUT2D eigenvalue weighted by Crippen LogP contribution is -2.44. The second-order valence-electron chi connectivity index (χ2n) is 6.87. The lowest BCUT2D eigenvalue weighted by molar-refractivity contribution is -0.264. The third-order valence-electron chi connectivity index (χ3n) is 4.18. The van der Waals surface area contributed by atoms with Crippen molar-refractivity contribution in [3.63, 3.8) is 0 Å². The molecule has 1 aromatic rings. The summed E-state index contributed by atoms with van der Waals surface area (Å²) in [7, 11) is 0. The van der Waals surface area contributed by atoms with Gasteiger partial charge in [-0.25, -0.2) is 9.90 Å². The Balaban J connectivity index is 2.28. The second-order valence-corrected chi connectivity index (χ2v) is 6.87. The van der Waals surface area contributed by atoms with Gasteiger partial charge in [0.2, 0.25) is 0 Å². The fourth-order valence-corrected chi connectivity index (χ4v) is 3.13. The number of nitrogens with zero attached hydrogens (tertiary/aromatic N) is 1. The van der Waals surface area contributed by atoms with Crippen LogP contribution in [0.3, 0.4) is 0 Å². The fraction of sp³-hybridized carbons (Fsp3) is 0.500. The van der Waals surface area contributed by atoms with Gasteiger partial charge in [0.25, 0.3) is 5.91 Å². The van der Waals surface area contributed by atoms with Crippen LogP contribution in [0.2, 0.25) is 0 Å². The van der Waals surface area contributed by atoms with Crippen molar-refractivity contribution in [2.75, 3.05) is 13.4 Å². The number of aliphatic hydroxyl groups excluding tert-OH is 1. The summed E-state index contributed by atoms with van der Waals surface area (Å²) < 4.78 is 40.8. The summed E-state index contributed by atoms with van der Waals surface area (Å²) in [5, 5.41) is 11.5. The molecule has 0 aliphatic carbocycles. The Morgan fingerprint density at radius 1 is 1.15 bits per heavy atom. The first-order valence-electron chi connectivity index (χ1n) is 8.00. The van der Waals surface area contributed by atoms with E-state index in [1.54, 1.807) is 0 Å². The van der Waals surface area contributed by atoms with Gasteiger partial charge in [-0.1, -0.05) is 17.7 Å². The number of ether oxygens (including phenoxy) is 1. The molecule has 0 aromatic heterocycles. The Kier molecular flexibility index (Phi) is 5.39. The molecular weight excluding hydrogens is 351 g/mol. The molecule has 0 bridgehead atoms. The molecule has 0 unspecified atom stereocenters. The van der Waals surface area contributed by atoms with Gasteiger partial charge in [-0.05, 0) is 51.3 Å². The van der Waals surface area contributed by atoms with E-state index in [1.807, 2.05) is 32.9 Å². The van der Waals surface area contributed by atoms with Crippen molar-refractivity contribution in [2.24, 2.45) is 0 Å². The van der Waals surface area contributed by atoms with E-state index in [0.717, 1.165) is 21.8 Å². The first-order valence-corrected chi connectivity index (χ1v) is 8.00. The highest BCUT2D eigenvalue weighted by Crippen LogP contribution is 2.40. The highest BCUT2D eigenvalue weighted by Gasteiger charge is 2.48. The van der Waals surface area contributed by atoms with Gasteiger partial charge < -0.3 is 9.84 Å². The summed E-state index contributed by atoms with van der Waals surface area (Å²) in [6.07, 6.45) is -4.49. The van der Waals surface area contributed by atoms with Crippen LogP contribution in [0.4, 0.5) is 13.2 Å². The number of amides is 1. The quantitative estimate of drug-likeness (QED) is 0.627. The molecule has 2 rings (SSSR count). The van der Waals surface area contributed by atoms with Crippen LogP contribution in [-0.4, -0.2) is 41.2 Å². The minimum absolute atomic E-state index is 0.0841. The number of carbonyl (C=O) groups is 1. The zero-order valence-corrected chi connectivity index (χ0v) is 15.3. The zero-order valence-electron chi connectivity index (χ0n) is 15.3. The van der Waals surface area contributed by atoms with Gasteiger partial charge in [0.1, 0.15) is 17.9 Å². The average Bonchev–Trinajstić information content (AvgIpc) is 2.62. The molecule has 0 saturated carbocycles. The van der Waals surface area contributed by atoms with Gasteiger partial charge in [0.15, 0.2) is 6.79 Å². The molecule has 144 valence electrons. The minimum atomic E-state index is -4.49. The van der Waals surface area contributed by atoms with Crippen molar-refractivity contribution in [3.05, 3.63) is 40.1 Å². The molecule has 0 saturated heterocycles. The smallest absolute Gasteiger partial charge is 0.411 e. The number of alkyl halides is 3. The molecule has 1 aliphatic rings. The zero-order chi connectivity index (χ0) is 19.9. The average molecular weight is 373 g/mol. The van der Waals surface area contributed by atoms with Gasteiger partial charge in [-0.3, -0.25) is 4.79 Å². The topological polar surface area (TPSA) is 59.0 Å². The number of carbonyl (C=O) groups excluding carboxylic acids is 1. The summed E-state index contributed by atoms with van der Waals surface area (Å²) >= 11 is 0. The van der Waals surface area contributed by atoms with E-state index in [9.17, 15) is 23.1 Å². The highest BCUT2D eigenvalue weighted by molar-refractivity contribution is 6.23. The van der Waals surface area contributed by atoms with E-state index in [0.29, 0.717) is 5.56 Å². The number of aliphatic hydroxyl groups is 1. The third kappa shape index (κ3) is 3.86. The molecular formula is C18H22F3NO4. The van der Waals surface area contributed by atoms with Gasteiger partial charge in [0, 0.05) is 0 Å². The van der Waals surface area contributed by atoms with Crippen molar-refractivity contribution in [2.45, 2.75) is 46.3 Å². The summed E-state index contributed by atoms with van der Waals surface area (Å²) in [6.45, 7) is 6.40. The van der Waals surface area contributed by atoms with Gasteiger partial charge in [0.05, 0.1) is 5.57 Å². The van der Waals surface area contributed by atoms with Crippen LogP contribution in [0.1, 0.15) is 36.1 Å². The standard InChI is InChI=1S/C18H22F3NO4/c1-10-6-11(2)13(12(3)7-10)14-15(23)17(4,5)22(16(14)24)26-9-25-8-18(19,20)21/h6-7,23H,8-9H2,1-5H3. The van der Waals surface area contributed by atoms with E-state index in [4.69, 9.17) is 4.84 Å². The maximum atomic E-state index is 12.8. The van der Waals surface area contributed by atoms with Gasteiger partial charge >= 0.3 is 6.18 Å². The van der Waals surface area contributed by atoms with Crippen molar-refractivity contribution < 1.29 is 32.6 Å². The van der Waals surface area contributed by atoms with E-state index in [1.165, 1.54) is 13.8 Å². The molecule has 1 aliphatic heterocycles. The normalized spacial score (nSPS) is 17.4. The Bertz CT molecular complexity index is 730. The molecule has 26 heavy (non-hydrogen) atoms. The molecule has 1 amide bonds. The largest absolute Gasteiger partial charge is 0.509 e. The van der Waals surface area contributed by atoms with E-state index >= 15 is 0 Å². The first kappa shape index (κ1) is 20.3. The minimum Gasteiger partial charge on any atom is -0.509 e. The number of rotatable bonds is 5. The predicted octanol–water partition coefficient (Wildman–Crippen LogP) is 3.97. The first-order chi connectivity index (χ1) is 11.9. The van der Waals surface area contributed by atoms with E-state index < -0.39 is 31.0 Å². The molecule has 1 N–H and O–H groups in total. The summed E-state index contributed by atoms with van der Waals surface area (Å²) in [5.74, 6) is -0.827. The summed E-state index contributed by atoms with van der Waals surface area (Å²) in [4.78, 5) is 17.9. The van der Waals surface area contributed by atoms with Crippen LogP contribution in [0.25, 0.3) is 5.57 Å². The molecule has 5 nitrogen and oxygen atoms in total. The van der Waals surface area contributed by atoms with E-state index in [-0.39, 0.29) is 11.3 Å². The SMILES string of the molecule is Cc1cc(C)c(C2=C(O)C(C)(C)N(OCOCC(F)(F)F)C2=O)c(C)c1. The van der Waals surface area contributed by atoms with Crippen molar-refractivity contribution in [1.29, 1.82) is 0 Å². The Hall–Kier alpha value is -2.06. The number of halogens is 3. The van der Waals surface area contributed by atoms with Crippen LogP contribution >= 0.6 is 0 Å². The lowest BCUT2D eigenvalue weighted by atomic mass is 9.91. The molecule has 1 heterocycles. The fourth-order valence-electron chi connectivity index (χ4n) is 3.13.